The van der Waals surface area contributed by atoms with Crippen LogP contribution in [0, 0.1) is 5.92 Å². The second-order valence-electron chi connectivity index (χ2n) is 3.95. The van der Waals surface area contributed by atoms with Crippen molar-refractivity contribution in [3.8, 4) is 0 Å². The maximum absolute atomic E-state index is 11.6. The molecule has 1 aliphatic rings. The summed E-state index contributed by atoms with van der Waals surface area (Å²) in [7, 11) is 5.40. The molecule has 1 fully saturated rings. The number of rotatable bonds is 2. The van der Waals surface area contributed by atoms with Gasteiger partial charge in [0.15, 0.2) is 0 Å². The van der Waals surface area contributed by atoms with Gasteiger partial charge in [-0.25, -0.2) is 0 Å². The van der Waals surface area contributed by atoms with Gasteiger partial charge >= 0.3 is 5.97 Å². The summed E-state index contributed by atoms with van der Waals surface area (Å²) in [5.74, 6) is -0.160. The Morgan fingerprint density at radius 3 is 2.71 bits per heavy atom. The van der Waals surface area contributed by atoms with Gasteiger partial charge in [0, 0.05) is 12.1 Å². The van der Waals surface area contributed by atoms with Gasteiger partial charge in [-0.05, 0) is 34.0 Å². The van der Waals surface area contributed by atoms with Gasteiger partial charge in [-0.3, -0.25) is 4.79 Å². The van der Waals surface area contributed by atoms with Gasteiger partial charge in [0.25, 0.3) is 0 Å². The molecule has 82 valence electrons. The molecule has 0 saturated carbocycles. The lowest BCUT2D eigenvalue weighted by molar-refractivity contribution is -0.150. The molecule has 0 aromatic rings. The van der Waals surface area contributed by atoms with Crippen molar-refractivity contribution in [2.75, 3.05) is 27.7 Å². The average molecular weight is 200 g/mol. The van der Waals surface area contributed by atoms with Crippen molar-refractivity contribution in [2.24, 2.45) is 5.92 Å². The average Bonchev–Trinajstić information content (AvgIpc) is 2.20. The molecule has 3 atom stereocenters. The van der Waals surface area contributed by atoms with Crippen LogP contribution in [0.4, 0.5) is 0 Å². The highest BCUT2D eigenvalue weighted by Gasteiger charge is 2.38. The molecule has 4 heteroatoms. The smallest absolute Gasteiger partial charge is 0.311 e. The van der Waals surface area contributed by atoms with E-state index in [0.717, 1.165) is 13.0 Å². The van der Waals surface area contributed by atoms with Gasteiger partial charge in [0.05, 0.1) is 13.0 Å². The molecule has 3 unspecified atom stereocenters. The number of nitrogens with one attached hydrogen (secondary N) is 1. The summed E-state index contributed by atoms with van der Waals surface area (Å²) in [6.07, 6.45) is 0.997. The van der Waals surface area contributed by atoms with Crippen LogP contribution in [-0.2, 0) is 9.53 Å². The van der Waals surface area contributed by atoms with E-state index in [1.165, 1.54) is 7.11 Å². The first-order chi connectivity index (χ1) is 6.61. The Labute approximate surface area is 85.6 Å². The number of nitrogens with zero attached hydrogens (tertiary/aromatic N) is 1. The molecule has 4 nitrogen and oxygen atoms in total. The Morgan fingerprint density at radius 2 is 2.21 bits per heavy atom. The lowest BCUT2D eigenvalue weighted by Crippen LogP contribution is -2.55. The van der Waals surface area contributed by atoms with Crippen molar-refractivity contribution in [1.29, 1.82) is 0 Å². The summed E-state index contributed by atoms with van der Waals surface area (Å²) in [6.45, 7) is 3.10. The van der Waals surface area contributed by atoms with Crippen LogP contribution in [0.3, 0.4) is 0 Å². The summed E-state index contributed by atoms with van der Waals surface area (Å²) < 4.78 is 4.83. The number of carbonyl (C=O) groups is 1. The molecule has 0 aromatic heterocycles. The minimum absolute atomic E-state index is 0.0521. The number of ether oxygens (including phenoxy) is 1. The van der Waals surface area contributed by atoms with Crippen LogP contribution in [0.15, 0.2) is 0 Å². The lowest BCUT2D eigenvalue weighted by Gasteiger charge is -2.40. The zero-order valence-electron chi connectivity index (χ0n) is 9.41. The Hall–Kier alpha value is -0.610. The summed E-state index contributed by atoms with van der Waals surface area (Å²) in [6, 6.07) is 0.488. The van der Waals surface area contributed by atoms with E-state index in [2.05, 4.69) is 17.1 Å². The van der Waals surface area contributed by atoms with Crippen molar-refractivity contribution in [2.45, 2.75) is 25.4 Å². The first-order valence-electron chi connectivity index (χ1n) is 5.07. The predicted octanol–water partition coefficient (Wildman–Crippen LogP) is 0.0876. The third kappa shape index (κ3) is 2.07. The zero-order valence-corrected chi connectivity index (χ0v) is 9.41. The van der Waals surface area contributed by atoms with Gasteiger partial charge in [0.1, 0.15) is 0 Å². The number of methoxy groups -OCH3 is 1. The Balaban J connectivity index is 2.76. The van der Waals surface area contributed by atoms with Gasteiger partial charge in [-0.2, -0.15) is 0 Å². The van der Waals surface area contributed by atoms with Crippen molar-refractivity contribution < 1.29 is 9.53 Å². The SMILES string of the molecule is CNC1CCN(C)C(C)C1C(=O)OC. The number of hydrogen-bond acceptors (Lipinski definition) is 4. The van der Waals surface area contributed by atoms with Crippen LogP contribution in [0.5, 0.6) is 0 Å². The van der Waals surface area contributed by atoms with E-state index in [4.69, 9.17) is 4.74 Å². The molecule has 0 aromatic carbocycles. The van der Waals surface area contributed by atoms with Crippen molar-refractivity contribution in [1.82, 2.24) is 10.2 Å². The van der Waals surface area contributed by atoms with Crippen LogP contribution >= 0.6 is 0 Å². The third-order valence-corrected chi connectivity index (χ3v) is 3.29. The normalized spacial score (nSPS) is 34.1. The molecule has 0 amide bonds. The molecule has 1 saturated heterocycles. The van der Waals surface area contributed by atoms with Crippen LogP contribution in [0.2, 0.25) is 0 Å². The van der Waals surface area contributed by atoms with Crippen LogP contribution in [0.1, 0.15) is 13.3 Å². The number of hydrogen-bond donors (Lipinski definition) is 1. The molecule has 0 bridgehead atoms. The van der Waals surface area contributed by atoms with E-state index in [-0.39, 0.29) is 24.0 Å². The minimum Gasteiger partial charge on any atom is -0.469 e. The van der Waals surface area contributed by atoms with E-state index in [9.17, 15) is 4.79 Å². The van der Waals surface area contributed by atoms with Gasteiger partial charge in [-0.1, -0.05) is 0 Å². The number of likely N-dealkylation sites (tertiary alicyclic amines) is 1. The second-order valence-corrected chi connectivity index (χ2v) is 3.95. The zero-order chi connectivity index (χ0) is 10.7. The van der Waals surface area contributed by atoms with E-state index in [1.54, 1.807) is 0 Å². The molecule has 1 heterocycles. The number of carbonyl (C=O) groups excluding carboxylic acids is 1. The van der Waals surface area contributed by atoms with Crippen LogP contribution in [0.25, 0.3) is 0 Å². The largest absolute Gasteiger partial charge is 0.469 e. The van der Waals surface area contributed by atoms with E-state index in [0.29, 0.717) is 0 Å². The summed E-state index contributed by atoms with van der Waals surface area (Å²) in [5, 5.41) is 3.19. The van der Waals surface area contributed by atoms with E-state index < -0.39 is 0 Å². The fraction of sp³-hybridized carbons (Fsp3) is 0.900. The standard InChI is InChI=1S/C10H20N2O2/c1-7-9(10(13)14-4)8(11-2)5-6-12(7)3/h7-9,11H,5-6H2,1-4H3. The third-order valence-electron chi connectivity index (χ3n) is 3.29. The Kier molecular flexibility index (Phi) is 3.89. The van der Waals surface area contributed by atoms with Crippen LogP contribution < -0.4 is 5.32 Å². The molecule has 1 aliphatic heterocycles. The fourth-order valence-corrected chi connectivity index (χ4v) is 2.16. The topological polar surface area (TPSA) is 41.6 Å². The molecular weight excluding hydrogens is 180 g/mol. The molecule has 0 aliphatic carbocycles. The Morgan fingerprint density at radius 1 is 1.57 bits per heavy atom. The summed E-state index contributed by atoms with van der Waals surface area (Å²) >= 11 is 0. The predicted molar refractivity (Wildman–Crippen MR) is 55.1 cm³/mol. The van der Waals surface area contributed by atoms with Gasteiger partial charge < -0.3 is 15.0 Å². The molecule has 0 spiro atoms. The molecule has 14 heavy (non-hydrogen) atoms. The fourth-order valence-electron chi connectivity index (χ4n) is 2.16. The quantitative estimate of drug-likeness (QED) is 0.641. The highest BCUT2D eigenvalue weighted by atomic mass is 16.5. The number of piperidine rings is 1. The summed E-state index contributed by atoms with van der Waals surface area (Å²) in [5.41, 5.74) is 0. The maximum atomic E-state index is 11.6. The molecule has 1 rings (SSSR count). The van der Waals surface area contributed by atoms with Crippen molar-refractivity contribution in [3.63, 3.8) is 0 Å². The first kappa shape index (κ1) is 11.5. The Bertz CT molecular complexity index is 206. The first-order valence-corrected chi connectivity index (χ1v) is 5.07. The lowest BCUT2D eigenvalue weighted by atomic mass is 9.86. The highest BCUT2D eigenvalue weighted by molar-refractivity contribution is 5.74. The second kappa shape index (κ2) is 4.75. The van der Waals surface area contributed by atoms with E-state index >= 15 is 0 Å². The minimum atomic E-state index is -0.108. The molecular formula is C10H20N2O2. The van der Waals surface area contributed by atoms with Crippen molar-refractivity contribution in [3.05, 3.63) is 0 Å². The van der Waals surface area contributed by atoms with Gasteiger partial charge in [0.2, 0.25) is 0 Å². The monoisotopic (exact) mass is 200 g/mol. The van der Waals surface area contributed by atoms with Crippen LogP contribution in [-0.4, -0.2) is 50.7 Å². The van der Waals surface area contributed by atoms with Gasteiger partial charge in [-0.15, -0.1) is 0 Å². The van der Waals surface area contributed by atoms with E-state index in [1.807, 2.05) is 14.1 Å². The van der Waals surface area contributed by atoms with Crippen molar-refractivity contribution >= 4 is 5.97 Å². The number of esters is 1. The highest BCUT2D eigenvalue weighted by Crippen LogP contribution is 2.23. The summed E-state index contributed by atoms with van der Waals surface area (Å²) in [4.78, 5) is 13.8. The molecule has 1 N–H and O–H groups in total. The maximum Gasteiger partial charge on any atom is 0.311 e. The molecule has 0 radical (unpaired) electrons.